The largest absolute Gasteiger partial charge is 0.505 e. The number of fused-ring (bicyclic) bond motifs is 1. The van der Waals surface area contributed by atoms with E-state index in [0.717, 1.165) is 17.8 Å². The van der Waals surface area contributed by atoms with E-state index in [1.165, 1.54) is 11.0 Å². The number of thiazole rings is 1. The molecule has 3 aromatic heterocycles. The number of ether oxygens (including phenoxy) is 3. The number of anilines is 1. The fourth-order valence-electron chi connectivity index (χ4n) is 5.23. The summed E-state index contributed by atoms with van der Waals surface area (Å²) in [6.45, 7) is 13.8. The summed E-state index contributed by atoms with van der Waals surface area (Å²) in [5.41, 5.74) is 1.95. The molecule has 1 N–H and O–H groups in total. The van der Waals surface area contributed by atoms with Gasteiger partial charge in [-0.2, -0.15) is 0 Å². The zero-order chi connectivity index (χ0) is 33.1. The van der Waals surface area contributed by atoms with Crippen LogP contribution in [0.3, 0.4) is 0 Å². The lowest BCUT2D eigenvalue weighted by atomic mass is 9.96. The summed E-state index contributed by atoms with van der Waals surface area (Å²) in [6, 6.07) is 9.39. The van der Waals surface area contributed by atoms with E-state index in [2.05, 4.69) is 30.4 Å². The highest BCUT2D eigenvalue weighted by Gasteiger charge is 2.49. The Morgan fingerprint density at radius 3 is 2.61 bits per heavy atom. The van der Waals surface area contributed by atoms with Crippen molar-refractivity contribution in [1.29, 1.82) is 0 Å². The number of aliphatic hydroxyl groups is 1. The fourth-order valence-corrected chi connectivity index (χ4v) is 6.22. The van der Waals surface area contributed by atoms with Crippen LogP contribution in [0.4, 0.5) is 5.13 Å². The molecule has 5 rings (SSSR count). The first kappa shape index (κ1) is 32.4. The number of hydrogen-bond donors (Lipinski definition) is 1. The van der Waals surface area contributed by atoms with Crippen LogP contribution in [0.25, 0.3) is 11.4 Å². The Morgan fingerprint density at radius 2 is 1.89 bits per heavy atom. The van der Waals surface area contributed by atoms with Crippen LogP contribution < -0.4 is 14.4 Å². The number of hydrogen-bond acceptors (Lipinski definition) is 10. The lowest BCUT2D eigenvalue weighted by molar-refractivity contribution is -0.132. The highest BCUT2D eigenvalue weighted by molar-refractivity contribution is 7.17. The molecule has 1 fully saturated rings. The summed E-state index contributed by atoms with van der Waals surface area (Å²) in [6.07, 6.45) is 4.01. The van der Waals surface area contributed by atoms with Crippen LogP contribution in [0, 0.1) is 19.8 Å². The number of aromatic nitrogens is 3. The average Bonchev–Trinajstić information content (AvgIpc) is 3.66. The number of ketones is 1. The van der Waals surface area contributed by atoms with Gasteiger partial charge in [0.25, 0.3) is 5.78 Å². The second-order valence-corrected chi connectivity index (χ2v) is 12.1. The van der Waals surface area contributed by atoms with Crippen molar-refractivity contribution in [1.82, 2.24) is 14.4 Å². The molecular formula is C34H36N4O7S. The molecule has 4 aromatic rings. The molecule has 0 radical (unpaired) electrons. The van der Waals surface area contributed by atoms with E-state index >= 15 is 0 Å². The van der Waals surface area contributed by atoms with Crippen LogP contribution in [-0.4, -0.2) is 57.0 Å². The third-order valence-electron chi connectivity index (χ3n) is 7.42. The minimum Gasteiger partial charge on any atom is -0.505 e. The first-order chi connectivity index (χ1) is 22.1. The molecule has 0 bridgehead atoms. The number of rotatable bonds is 12. The number of imidazole rings is 1. The van der Waals surface area contributed by atoms with E-state index in [9.17, 15) is 19.5 Å². The van der Waals surface area contributed by atoms with Crippen molar-refractivity contribution in [3.8, 4) is 11.5 Å². The molecule has 11 nitrogen and oxygen atoms in total. The van der Waals surface area contributed by atoms with E-state index in [4.69, 9.17) is 14.2 Å². The maximum Gasteiger partial charge on any atom is 0.350 e. The van der Waals surface area contributed by atoms with Crippen molar-refractivity contribution in [3.63, 3.8) is 0 Å². The summed E-state index contributed by atoms with van der Waals surface area (Å²) < 4.78 is 18.8. The minimum atomic E-state index is -1.12. The highest BCUT2D eigenvalue weighted by atomic mass is 32.1. The Kier molecular flexibility index (Phi) is 9.57. The van der Waals surface area contributed by atoms with Gasteiger partial charge in [0.1, 0.15) is 22.8 Å². The molecule has 1 saturated heterocycles. The molecule has 240 valence electrons. The standard InChI is InChI=1S/C34H36N4O7S/c1-7-16-45-33(42)31-21(6)36-34(46-31)38-28(22-12-13-23(24(18-22)43-8-2)44-17-14-19(3)4)26(30(40)32(38)41)29(39)27-20(5)35-25-11-9-10-15-37(25)27/h7,9-13,15,18-19,28,39H,1,8,14,16-17H2,2-6H3. The van der Waals surface area contributed by atoms with Crippen molar-refractivity contribution in [3.05, 3.63) is 88.3 Å². The van der Waals surface area contributed by atoms with E-state index in [1.807, 2.05) is 13.0 Å². The van der Waals surface area contributed by atoms with Crippen molar-refractivity contribution in [2.24, 2.45) is 5.92 Å². The monoisotopic (exact) mass is 644 g/mol. The molecule has 1 amide bonds. The number of aryl methyl sites for hydroxylation is 2. The molecule has 4 heterocycles. The molecule has 0 aliphatic carbocycles. The smallest absolute Gasteiger partial charge is 0.350 e. The van der Waals surface area contributed by atoms with E-state index < -0.39 is 29.5 Å². The normalized spacial score (nSPS) is 16.0. The van der Waals surface area contributed by atoms with Crippen LogP contribution in [0.2, 0.25) is 0 Å². The molecule has 1 atom stereocenters. The lowest BCUT2D eigenvalue weighted by Crippen LogP contribution is -2.29. The number of esters is 1. The second kappa shape index (κ2) is 13.6. The summed E-state index contributed by atoms with van der Waals surface area (Å²) >= 11 is 0.923. The number of amides is 1. The molecular weight excluding hydrogens is 608 g/mol. The first-order valence-electron chi connectivity index (χ1n) is 15.0. The van der Waals surface area contributed by atoms with Crippen LogP contribution in [0.15, 0.2) is 60.8 Å². The van der Waals surface area contributed by atoms with Gasteiger partial charge in [0.2, 0.25) is 0 Å². The van der Waals surface area contributed by atoms with Gasteiger partial charge in [-0.3, -0.25) is 18.9 Å². The third kappa shape index (κ3) is 6.12. The zero-order valence-electron chi connectivity index (χ0n) is 26.4. The first-order valence-corrected chi connectivity index (χ1v) is 15.8. The number of benzene rings is 1. The van der Waals surface area contributed by atoms with Crippen LogP contribution in [0.1, 0.15) is 65.6 Å². The van der Waals surface area contributed by atoms with Crippen LogP contribution >= 0.6 is 11.3 Å². The van der Waals surface area contributed by atoms with Crippen molar-refractivity contribution >= 4 is 45.5 Å². The molecule has 1 aliphatic rings. The van der Waals surface area contributed by atoms with E-state index in [1.54, 1.807) is 54.8 Å². The van der Waals surface area contributed by atoms with Gasteiger partial charge < -0.3 is 19.3 Å². The van der Waals surface area contributed by atoms with Crippen molar-refractivity contribution in [2.75, 3.05) is 24.7 Å². The SMILES string of the molecule is C=CCOC(=O)c1sc(N2C(=O)C(=O)C(=C(O)c3c(C)nc4ccccn34)C2c2ccc(OCCC(C)C)c(OCC)c2)nc1C. The average molecular weight is 645 g/mol. The maximum atomic E-state index is 13.9. The third-order valence-corrected chi connectivity index (χ3v) is 8.55. The Hall–Kier alpha value is -4.97. The molecule has 1 aromatic carbocycles. The lowest BCUT2D eigenvalue weighted by Gasteiger charge is -2.24. The predicted octanol–water partition coefficient (Wildman–Crippen LogP) is 6.20. The Morgan fingerprint density at radius 1 is 1.11 bits per heavy atom. The number of nitrogens with zero attached hydrogens (tertiary/aromatic N) is 4. The molecule has 0 saturated carbocycles. The topological polar surface area (TPSA) is 133 Å². The summed E-state index contributed by atoms with van der Waals surface area (Å²) in [4.78, 5) is 50.9. The number of aliphatic hydroxyl groups excluding tert-OH is 1. The Bertz CT molecular complexity index is 1850. The maximum absolute atomic E-state index is 13.9. The van der Waals surface area contributed by atoms with Gasteiger partial charge in [0, 0.05) is 6.20 Å². The summed E-state index contributed by atoms with van der Waals surface area (Å²) in [5.74, 6) is -1.46. The van der Waals surface area contributed by atoms with Crippen molar-refractivity contribution < 1.29 is 33.7 Å². The number of carbonyl (C=O) groups excluding carboxylic acids is 3. The highest BCUT2D eigenvalue weighted by Crippen LogP contribution is 2.46. The zero-order valence-corrected chi connectivity index (χ0v) is 27.2. The van der Waals surface area contributed by atoms with E-state index in [0.29, 0.717) is 53.2 Å². The molecule has 1 aliphatic heterocycles. The fraction of sp³-hybridized carbons (Fsp3) is 0.324. The Balaban J connectivity index is 1.70. The van der Waals surface area contributed by atoms with Crippen LogP contribution in [0.5, 0.6) is 11.5 Å². The number of carbonyl (C=O) groups is 3. The number of pyridine rings is 1. The summed E-state index contributed by atoms with van der Waals surface area (Å²) in [7, 11) is 0. The van der Waals surface area contributed by atoms with Gasteiger partial charge >= 0.3 is 11.9 Å². The van der Waals surface area contributed by atoms with Crippen LogP contribution in [-0.2, 0) is 14.3 Å². The van der Waals surface area contributed by atoms with Gasteiger partial charge in [-0.25, -0.2) is 14.8 Å². The number of Topliss-reactive ketones (excluding diaryl/α,β-unsaturated/α-hetero) is 1. The van der Waals surface area contributed by atoms with Gasteiger partial charge in [-0.15, -0.1) is 0 Å². The Labute approximate surface area is 270 Å². The molecule has 46 heavy (non-hydrogen) atoms. The molecule has 1 unspecified atom stereocenters. The van der Waals surface area contributed by atoms with Gasteiger partial charge in [-0.1, -0.05) is 50.0 Å². The quantitative estimate of drug-likeness (QED) is 0.0629. The van der Waals surface area contributed by atoms with Gasteiger partial charge in [0.15, 0.2) is 22.4 Å². The molecule has 0 spiro atoms. The minimum absolute atomic E-state index is 0.000467. The van der Waals surface area contributed by atoms with E-state index in [-0.39, 0.29) is 27.9 Å². The predicted molar refractivity (Wildman–Crippen MR) is 175 cm³/mol. The van der Waals surface area contributed by atoms with Crippen molar-refractivity contribution in [2.45, 2.75) is 47.1 Å². The molecule has 12 heteroatoms. The summed E-state index contributed by atoms with van der Waals surface area (Å²) in [5, 5.41) is 12.0. The van der Waals surface area contributed by atoms with Gasteiger partial charge in [0.05, 0.1) is 36.2 Å². The van der Waals surface area contributed by atoms with Gasteiger partial charge in [-0.05, 0) is 62.9 Å². The second-order valence-electron chi connectivity index (χ2n) is 11.1.